The summed E-state index contributed by atoms with van der Waals surface area (Å²) in [6.07, 6.45) is 0. The van der Waals surface area contributed by atoms with Gasteiger partial charge in [0.1, 0.15) is 6.61 Å². The van der Waals surface area contributed by atoms with Crippen molar-refractivity contribution in [2.24, 2.45) is 0 Å². The molecule has 0 saturated heterocycles. The van der Waals surface area contributed by atoms with Crippen molar-refractivity contribution in [3.63, 3.8) is 0 Å². The van der Waals surface area contributed by atoms with Gasteiger partial charge in [-0.05, 0) is 12.1 Å². The fraction of sp³-hybridized carbons (Fsp3) is 0.250. The Hall–Kier alpha value is -1.62. The van der Waals surface area contributed by atoms with Crippen molar-refractivity contribution < 1.29 is 23.8 Å². The van der Waals surface area contributed by atoms with Gasteiger partial charge in [0.05, 0.1) is 0 Å². The lowest BCUT2D eigenvalue weighted by molar-refractivity contribution is 0.0657. The first-order valence-electron chi connectivity index (χ1n) is 3.50. The van der Waals surface area contributed by atoms with Crippen molar-refractivity contribution in [2.45, 2.75) is 0 Å². The second-order valence-corrected chi connectivity index (χ2v) is 2.33. The van der Waals surface area contributed by atoms with E-state index in [0.717, 1.165) is 0 Å². The standard InChI is InChI=1S/C8H8O5/c1-12-4-5(9)6-2-3-7(13-6)8(10)11/h2-3H,4H2,1H3,(H,10,11). The highest BCUT2D eigenvalue weighted by Crippen LogP contribution is 2.08. The van der Waals surface area contributed by atoms with Gasteiger partial charge in [-0.25, -0.2) is 4.79 Å². The van der Waals surface area contributed by atoms with E-state index in [1.807, 2.05) is 0 Å². The largest absolute Gasteiger partial charge is 0.475 e. The van der Waals surface area contributed by atoms with Gasteiger partial charge in [-0.1, -0.05) is 0 Å². The van der Waals surface area contributed by atoms with Crippen LogP contribution >= 0.6 is 0 Å². The van der Waals surface area contributed by atoms with Gasteiger partial charge in [0.15, 0.2) is 5.76 Å². The molecule has 1 heterocycles. The van der Waals surface area contributed by atoms with E-state index in [1.54, 1.807) is 0 Å². The lowest BCUT2D eigenvalue weighted by Crippen LogP contribution is -2.05. The molecule has 0 saturated carbocycles. The summed E-state index contributed by atoms with van der Waals surface area (Å²) in [5.41, 5.74) is 0. The molecule has 1 N–H and O–H groups in total. The highest BCUT2D eigenvalue weighted by Gasteiger charge is 2.13. The molecule has 0 aliphatic heterocycles. The average molecular weight is 184 g/mol. The molecule has 1 aromatic rings. The highest BCUT2D eigenvalue weighted by molar-refractivity contribution is 5.95. The third-order valence-corrected chi connectivity index (χ3v) is 1.37. The minimum atomic E-state index is -1.20. The number of carbonyl (C=O) groups is 2. The Labute approximate surface area is 73.9 Å². The maximum atomic E-state index is 11.1. The van der Waals surface area contributed by atoms with Crippen LogP contribution in [0.5, 0.6) is 0 Å². The minimum Gasteiger partial charge on any atom is -0.475 e. The molecule has 0 aromatic carbocycles. The number of carboxylic acid groups (broad SMARTS) is 1. The Kier molecular flexibility index (Phi) is 2.81. The number of carboxylic acids is 1. The molecule has 13 heavy (non-hydrogen) atoms. The summed E-state index contributed by atoms with van der Waals surface area (Å²) in [4.78, 5) is 21.4. The van der Waals surface area contributed by atoms with Crippen molar-refractivity contribution in [1.29, 1.82) is 0 Å². The highest BCUT2D eigenvalue weighted by atomic mass is 16.5. The molecule has 0 aliphatic rings. The molecule has 1 rings (SSSR count). The van der Waals surface area contributed by atoms with Crippen LogP contribution in [-0.2, 0) is 4.74 Å². The summed E-state index contributed by atoms with van der Waals surface area (Å²) in [6, 6.07) is 2.54. The molecular formula is C8H8O5. The van der Waals surface area contributed by atoms with Gasteiger partial charge in [-0.3, -0.25) is 4.79 Å². The number of hydrogen-bond acceptors (Lipinski definition) is 4. The third kappa shape index (κ3) is 2.16. The average Bonchev–Trinajstić information content (AvgIpc) is 2.52. The zero-order valence-electron chi connectivity index (χ0n) is 6.94. The van der Waals surface area contributed by atoms with E-state index in [-0.39, 0.29) is 23.9 Å². The first kappa shape index (κ1) is 9.47. The van der Waals surface area contributed by atoms with Crippen LogP contribution in [0.4, 0.5) is 0 Å². The normalized spacial score (nSPS) is 9.92. The zero-order chi connectivity index (χ0) is 9.84. The number of Topliss-reactive ketones (excluding diaryl/α,β-unsaturated/α-hetero) is 1. The third-order valence-electron chi connectivity index (χ3n) is 1.37. The first-order valence-corrected chi connectivity index (χ1v) is 3.50. The molecule has 0 atom stereocenters. The molecule has 0 amide bonds. The van der Waals surface area contributed by atoms with Gasteiger partial charge in [0, 0.05) is 7.11 Å². The summed E-state index contributed by atoms with van der Waals surface area (Å²) in [6.45, 7) is -0.118. The van der Waals surface area contributed by atoms with Gasteiger partial charge < -0.3 is 14.3 Å². The number of ether oxygens (including phenoxy) is 1. The molecule has 0 bridgehead atoms. The lowest BCUT2D eigenvalue weighted by Gasteiger charge is -1.93. The number of methoxy groups -OCH3 is 1. The van der Waals surface area contributed by atoms with Crippen LogP contribution in [0.1, 0.15) is 21.1 Å². The summed E-state index contributed by atoms with van der Waals surface area (Å²) in [5, 5.41) is 8.47. The van der Waals surface area contributed by atoms with Crippen LogP contribution in [0.15, 0.2) is 16.5 Å². The topological polar surface area (TPSA) is 76.7 Å². The van der Waals surface area contributed by atoms with Crippen LogP contribution in [0.3, 0.4) is 0 Å². The van der Waals surface area contributed by atoms with E-state index >= 15 is 0 Å². The van der Waals surface area contributed by atoms with Crippen molar-refractivity contribution in [2.75, 3.05) is 13.7 Å². The lowest BCUT2D eigenvalue weighted by atomic mass is 10.3. The Morgan fingerprint density at radius 2 is 2.08 bits per heavy atom. The van der Waals surface area contributed by atoms with Crippen molar-refractivity contribution in [3.05, 3.63) is 23.7 Å². The van der Waals surface area contributed by atoms with Gasteiger partial charge in [-0.2, -0.15) is 0 Å². The summed E-state index contributed by atoms with van der Waals surface area (Å²) in [5.74, 6) is -1.83. The van der Waals surface area contributed by atoms with Crippen LogP contribution < -0.4 is 0 Å². The first-order chi connectivity index (χ1) is 6.15. The number of ketones is 1. The minimum absolute atomic E-state index is 0.000694. The van der Waals surface area contributed by atoms with E-state index in [0.29, 0.717) is 0 Å². The Morgan fingerprint density at radius 1 is 1.46 bits per heavy atom. The fourth-order valence-corrected chi connectivity index (χ4v) is 0.805. The summed E-state index contributed by atoms with van der Waals surface area (Å²) in [7, 11) is 1.37. The maximum Gasteiger partial charge on any atom is 0.371 e. The number of carbonyl (C=O) groups excluding carboxylic acids is 1. The van der Waals surface area contributed by atoms with Crippen LogP contribution in [0.2, 0.25) is 0 Å². The zero-order valence-corrected chi connectivity index (χ0v) is 6.94. The quantitative estimate of drug-likeness (QED) is 0.700. The van der Waals surface area contributed by atoms with Crippen LogP contribution in [-0.4, -0.2) is 30.6 Å². The van der Waals surface area contributed by atoms with Crippen molar-refractivity contribution in [3.8, 4) is 0 Å². The summed E-state index contributed by atoms with van der Waals surface area (Å²) < 4.78 is 9.30. The van der Waals surface area contributed by atoms with Crippen LogP contribution in [0.25, 0.3) is 0 Å². The van der Waals surface area contributed by atoms with Crippen molar-refractivity contribution >= 4 is 11.8 Å². The van der Waals surface area contributed by atoms with Gasteiger partial charge >= 0.3 is 5.97 Å². The molecule has 5 heteroatoms. The van der Waals surface area contributed by atoms with E-state index in [2.05, 4.69) is 4.74 Å². The number of rotatable bonds is 4. The second kappa shape index (κ2) is 3.86. The number of hydrogen-bond donors (Lipinski definition) is 1. The molecule has 0 aliphatic carbocycles. The van der Waals surface area contributed by atoms with E-state index in [4.69, 9.17) is 9.52 Å². The molecule has 0 spiro atoms. The fourth-order valence-electron chi connectivity index (χ4n) is 0.805. The van der Waals surface area contributed by atoms with Gasteiger partial charge in [-0.15, -0.1) is 0 Å². The molecule has 5 nitrogen and oxygen atoms in total. The van der Waals surface area contributed by atoms with E-state index in [1.165, 1.54) is 19.2 Å². The smallest absolute Gasteiger partial charge is 0.371 e. The predicted octanol–water partition coefficient (Wildman–Crippen LogP) is 0.807. The number of aromatic carboxylic acids is 1. The van der Waals surface area contributed by atoms with Crippen LogP contribution in [0, 0.1) is 0 Å². The van der Waals surface area contributed by atoms with Gasteiger partial charge in [0.2, 0.25) is 11.5 Å². The Bertz CT molecular complexity index is 325. The van der Waals surface area contributed by atoms with E-state index < -0.39 is 5.97 Å². The summed E-state index contributed by atoms with van der Waals surface area (Å²) >= 11 is 0. The molecule has 1 aromatic heterocycles. The monoisotopic (exact) mass is 184 g/mol. The predicted molar refractivity (Wildman–Crippen MR) is 41.9 cm³/mol. The van der Waals surface area contributed by atoms with Gasteiger partial charge in [0.25, 0.3) is 0 Å². The SMILES string of the molecule is COCC(=O)c1ccc(C(=O)O)o1. The molecule has 70 valence electrons. The molecule has 0 unspecified atom stereocenters. The Morgan fingerprint density at radius 3 is 2.54 bits per heavy atom. The molecule has 0 radical (unpaired) electrons. The maximum absolute atomic E-state index is 11.1. The second-order valence-electron chi connectivity index (χ2n) is 2.33. The van der Waals surface area contributed by atoms with E-state index in [9.17, 15) is 9.59 Å². The Balaban J connectivity index is 2.79. The molecular weight excluding hydrogens is 176 g/mol. The number of furan rings is 1. The van der Waals surface area contributed by atoms with Crippen molar-refractivity contribution in [1.82, 2.24) is 0 Å². The molecule has 0 fully saturated rings.